The van der Waals surface area contributed by atoms with Crippen LogP contribution in [0.2, 0.25) is 0 Å². The second kappa shape index (κ2) is 3.46. The van der Waals surface area contributed by atoms with Gasteiger partial charge in [0.05, 0.1) is 5.60 Å². The molecule has 88 valence electrons. The van der Waals surface area contributed by atoms with Gasteiger partial charge in [0.25, 0.3) is 0 Å². The van der Waals surface area contributed by atoms with Crippen LogP contribution in [0.15, 0.2) is 0 Å². The van der Waals surface area contributed by atoms with E-state index in [1.54, 1.807) is 0 Å². The minimum Gasteiger partial charge on any atom is -0.388 e. The first kappa shape index (κ1) is 11.4. The van der Waals surface area contributed by atoms with Crippen molar-refractivity contribution in [3.05, 3.63) is 0 Å². The predicted molar refractivity (Wildman–Crippen MR) is 62.6 cm³/mol. The summed E-state index contributed by atoms with van der Waals surface area (Å²) >= 11 is 0. The molecule has 2 fully saturated rings. The molecule has 0 aromatic heterocycles. The molecular weight excluding hydrogens is 186 g/mol. The topological polar surface area (TPSA) is 46.2 Å². The van der Waals surface area contributed by atoms with Gasteiger partial charge in [0.15, 0.2) is 0 Å². The van der Waals surface area contributed by atoms with E-state index in [2.05, 4.69) is 13.8 Å². The van der Waals surface area contributed by atoms with E-state index in [1.165, 1.54) is 12.8 Å². The summed E-state index contributed by atoms with van der Waals surface area (Å²) < 4.78 is 0. The summed E-state index contributed by atoms with van der Waals surface area (Å²) in [6.45, 7) is 4.62. The summed E-state index contributed by atoms with van der Waals surface area (Å²) in [5.74, 6) is 0. The fourth-order valence-corrected chi connectivity index (χ4v) is 3.18. The van der Waals surface area contributed by atoms with Crippen molar-refractivity contribution in [2.75, 3.05) is 0 Å². The Kier molecular flexibility index (Phi) is 2.63. The maximum Gasteiger partial charge on any atom is 0.0826 e. The Labute approximate surface area is 93.2 Å². The van der Waals surface area contributed by atoms with Crippen molar-refractivity contribution in [2.24, 2.45) is 11.1 Å². The van der Waals surface area contributed by atoms with Gasteiger partial charge < -0.3 is 10.8 Å². The molecule has 1 unspecified atom stereocenters. The van der Waals surface area contributed by atoms with Gasteiger partial charge in [-0.3, -0.25) is 0 Å². The highest BCUT2D eigenvalue weighted by Gasteiger charge is 2.51. The van der Waals surface area contributed by atoms with Crippen LogP contribution in [-0.2, 0) is 0 Å². The Morgan fingerprint density at radius 3 is 2.00 bits per heavy atom. The molecule has 2 aliphatic rings. The van der Waals surface area contributed by atoms with Crippen molar-refractivity contribution >= 4 is 0 Å². The summed E-state index contributed by atoms with van der Waals surface area (Å²) in [5.41, 5.74) is 5.89. The molecule has 1 atom stereocenters. The van der Waals surface area contributed by atoms with E-state index < -0.39 is 5.60 Å². The second-order valence-corrected chi connectivity index (χ2v) is 6.56. The molecule has 0 amide bonds. The fourth-order valence-electron chi connectivity index (χ4n) is 3.18. The summed E-state index contributed by atoms with van der Waals surface area (Å²) in [5, 5.41) is 10.7. The Morgan fingerprint density at radius 2 is 1.47 bits per heavy atom. The fraction of sp³-hybridized carbons (Fsp3) is 1.00. The number of nitrogens with two attached hydrogens (primary N) is 1. The summed E-state index contributed by atoms with van der Waals surface area (Å²) in [4.78, 5) is 0. The summed E-state index contributed by atoms with van der Waals surface area (Å²) in [6, 6.07) is 0. The number of hydrogen-bond donors (Lipinski definition) is 2. The van der Waals surface area contributed by atoms with Gasteiger partial charge in [0.1, 0.15) is 0 Å². The van der Waals surface area contributed by atoms with Crippen LogP contribution in [0.3, 0.4) is 0 Å². The molecule has 0 bridgehead atoms. The molecule has 2 nitrogen and oxygen atoms in total. The molecule has 0 radical (unpaired) electrons. The quantitative estimate of drug-likeness (QED) is 0.655. The van der Waals surface area contributed by atoms with E-state index in [-0.39, 0.29) is 5.54 Å². The first-order chi connectivity index (χ1) is 6.87. The molecule has 15 heavy (non-hydrogen) atoms. The van der Waals surface area contributed by atoms with Crippen molar-refractivity contribution in [3.8, 4) is 0 Å². The van der Waals surface area contributed by atoms with Gasteiger partial charge in [-0.1, -0.05) is 13.8 Å². The standard InChI is InChI=1S/C13H25NO/c1-11(2)5-3-8-13(15,10-9-11)12(14)6-4-7-12/h15H,3-10,14H2,1-2H3. The molecule has 2 saturated carbocycles. The van der Waals surface area contributed by atoms with Gasteiger partial charge in [-0.2, -0.15) is 0 Å². The minimum atomic E-state index is -0.570. The molecule has 3 N–H and O–H groups in total. The Balaban J connectivity index is 2.09. The van der Waals surface area contributed by atoms with Crippen molar-refractivity contribution in [3.63, 3.8) is 0 Å². The van der Waals surface area contributed by atoms with Crippen molar-refractivity contribution in [2.45, 2.75) is 76.4 Å². The van der Waals surface area contributed by atoms with E-state index in [0.717, 1.165) is 38.5 Å². The van der Waals surface area contributed by atoms with E-state index in [1.807, 2.05) is 0 Å². The van der Waals surface area contributed by atoms with Crippen LogP contribution in [0.4, 0.5) is 0 Å². The lowest BCUT2D eigenvalue weighted by Crippen LogP contribution is -2.64. The normalized spacial score (nSPS) is 39.2. The molecule has 0 spiro atoms. The smallest absolute Gasteiger partial charge is 0.0826 e. The molecule has 0 aromatic carbocycles. The summed E-state index contributed by atoms with van der Waals surface area (Å²) in [6.07, 6.45) is 8.51. The molecule has 0 saturated heterocycles. The van der Waals surface area contributed by atoms with Gasteiger partial charge in [-0.05, 0) is 56.8 Å². The first-order valence-corrected chi connectivity index (χ1v) is 6.38. The lowest BCUT2D eigenvalue weighted by Gasteiger charge is -2.51. The highest BCUT2D eigenvalue weighted by atomic mass is 16.3. The molecular formula is C13H25NO. The first-order valence-electron chi connectivity index (χ1n) is 6.38. The Morgan fingerprint density at radius 1 is 0.867 bits per heavy atom. The number of hydrogen-bond acceptors (Lipinski definition) is 2. The average Bonchev–Trinajstić information content (AvgIpc) is 2.23. The number of aliphatic hydroxyl groups is 1. The van der Waals surface area contributed by atoms with Crippen LogP contribution < -0.4 is 5.73 Å². The van der Waals surface area contributed by atoms with Crippen LogP contribution in [0.5, 0.6) is 0 Å². The Bertz CT molecular complexity index is 245. The van der Waals surface area contributed by atoms with Crippen LogP contribution in [0.1, 0.15) is 65.2 Å². The highest BCUT2D eigenvalue weighted by molar-refractivity contribution is 5.09. The van der Waals surface area contributed by atoms with Gasteiger partial charge in [0.2, 0.25) is 0 Å². The van der Waals surface area contributed by atoms with Crippen LogP contribution >= 0.6 is 0 Å². The van der Waals surface area contributed by atoms with E-state index in [9.17, 15) is 5.11 Å². The third-order valence-corrected chi connectivity index (χ3v) is 4.83. The molecule has 2 aliphatic carbocycles. The molecule has 2 heteroatoms. The number of rotatable bonds is 1. The lowest BCUT2D eigenvalue weighted by molar-refractivity contribution is -0.0823. The largest absolute Gasteiger partial charge is 0.388 e. The molecule has 0 aromatic rings. The third-order valence-electron chi connectivity index (χ3n) is 4.83. The van der Waals surface area contributed by atoms with Crippen LogP contribution in [0.25, 0.3) is 0 Å². The lowest BCUT2D eigenvalue weighted by atomic mass is 9.63. The van der Waals surface area contributed by atoms with Crippen molar-refractivity contribution < 1.29 is 5.11 Å². The van der Waals surface area contributed by atoms with Gasteiger partial charge in [-0.25, -0.2) is 0 Å². The van der Waals surface area contributed by atoms with Gasteiger partial charge in [0, 0.05) is 5.54 Å². The van der Waals surface area contributed by atoms with E-state index >= 15 is 0 Å². The zero-order valence-electron chi connectivity index (χ0n) is 10.2. The minimum absolute atomic E-state index is 0.257. The zero-order valence-corrected chi connectivity index (χ0v) is 10.2. The van der Waals surface area contributed by atoms with E-state index in [0.29, 0.717) is 5.41 Å². The maximum absolute atomic E-state index is 10.7. The SMILES string of the molecule is CC1(C)CCCC(O)(C2(N)CCC2)CC1. The van der Waals surface area contributed by atoms with Crippen molar-refractivity contribution in [1.82, 2.24) is 0 Å². The molecule has 0 aliphatic heterocycles. The average molecular weight is 211 g/mol. The second-order valence-electron chi connectivity index (χ2n) is 6.56. The summed E-state index contributed by atoms with van der Waals surface area (Å²) in [7, 11) is 0. The predicted octanol–water partition coefficient (Wildman–Crippen LogP) is 2.59. The van der Waals surface area contributed by atoms with Gasteiger partial charge in [-0.15, -0.1) is 0 Å². The maximum atomic E-state index is 10.7. The zero-order chi connectivity index (χ0) is 11.2. The Hall–Kier alpha value is -0.0800. The van der Waals surface area contributed by atoms with Crippen LogP contribution in [0, 0.1) is 5.41 Å². The molecule has 2 rings (SSSR count). The molecule has 0 heterocycles. The highest BCUT2D eigenvalue weighted by Crippen LogP contribution is 2.48. The third kappa shape index (κ3) is 1.94. The van der Waals surface area contributed by atoms with Crippen LogP contribution in [-0.4, -0.2) is 16.2 Å². The van der Waals surface area contributed by atoms with Crippen molar-refractivity contribution in [1.29, 1.82) is 0 Å². The van der Waals surface area contributed by atoms with E-state index in [4.69, 9.17) is 5.73 Å². The monoisotopic (exact) mass is 211 g/mol. The van der Waals surface area contributed by atoms with Gasteiger partial charge >= 0.3 is 0 Å².